The Morgan fingerprint density at radius 1 is 1.43 bits per heavy atom. The molecule has 1 saturated heterocycles. The lowest BCUT2D eigenvalue weighted by molar-refractivity contribution is -0.152. The molecule has 1 unspecified atom stereocenters. The van der Waals surface area contributed by atoms with E-state index in [4.69, 9.17) is 0 Å². The summed E-state index contributed by atoms with van der Waals surface area (Å²) in [5.74, 6) is -1.16. The maximum atomic E-state index is 12.4. The number of aromatic nitrogens is 1. The number of hydrogen-bond acceptors (Lipinski definition) is 3. The summed E-state index contributed by atoms with van der Waals surface area (Å²) in [6, 6.07) is 4.40. The van der Waals surface area contributed by atoms with Crippen molar-refractivity contribution in [2.24, 2.45) is 5.41 Å². The number of nitrogens with zero attached hydrogens (tertiary/aromatic N) is 1. The molecule has 0 saturated carbocycles. The van der Waals surface area contributed by atoms with Crippen LogP contribution in [0.3, 0.4) is 0 Å². The minimum Gasteiger partial charge on any atom is -0.481 e. The first-order chi connectivity index (χ1) is 9.98. The second kappa shape index (κ2) is 6.11. The molecular formula is C15H20N2O4. The predicted molar refractivity (Wildman–Crippen MR) is 77.2 cm³/mol. The molecule has 6 heteroatoms. The highest BCUT2D eigenvalue weighted by molar-refractivity contribution is 5.92. The van der Waals surface area contributed by atoms with Gasteiger partial charge >= 0.3 is 5.97 Å². The number of aromatic amines is 1. The number of carboxylic acid groups (broad SMARTS) is 1. The molecule has 0 aromatic carbocycles. The van der Waals surface area contributed by atoms with E-state index in [0.29, 0.717) is 25.8 Å². The second-order valence-corrected chi connectivity index (χ2v) is 5.59. The number of carbonyl (C=O) groups excluding carboxylic acids is 1. The average Bonchev–Trinajstić information content (AvgIpc) is 2.47. The van der Waals surface area contributed by atoms with Crippen molar-refractivity contribution < 1.29 is 14.7 Å². The lowest BCUT2D eigenvalue weighted by Gasteiger charge is -2.39. The minimum atomic E-state index is -0.863. The molecule has 1 aromatic rings. The largest absolute Gasteiger partial charge is 0.481 e. The van der Waals surface area contributed by atoms with Gasteiger partial charge in [0.15, 0.2) is 0 Å². The minimum absolute atomic E-state index is 0.200. The summed E-state index contributed by atoms with van der Waals surface area (Å²) in [6.07, 6.45) is 2.56. The first kappa shape index (κ1) is 15.3. The molecule has 2 rings (SSSR count). The molecule has 0 bridgehead atoms. The fourth-order valence-corrected chi connectivity index (χ4v) is 3.01. The molecule has 1 aliphatic rings. The first-order valence-corrected chi connectivity index (χ1v) is 7.20. The molecule has 1 fully saturated rings. The van der Waals surface area contributed by atoms with Crippen LogP contribution in [-0.4, -0.2) is 40.0 Å². The molecule has 0 aliphatic carbocycles. The van der Waals surface area contributed by atoms with Crippen LogP contribution in [0.15, 0.2) is 23.0 Å². The van der Waals surface area contributed by atoms with Crippen LogP contribution < -0.4 is 5.56 Å². The van der Waals surface area contributed by atoms with Crippen molar-refractivity contribution in [2.75, 3.05) is 13.1 Å². The third-order valence-electron chi connectivity index (χ3n) is 4.05. The van der Waals surface area contributed by atoms with E-state index < -0.39 is 11.4 Å². The van der Waals surface area contributed by atoms with Crippen molar-refractivity contribution in [2.45, 2.75) is 32.6 Å². The van der Waals surface area contributed by atoms with Crippen molar-refractivity contribution >= 4 is 11.9 Å². The number of rotatable bonds is 4. The van der Waals surface area contributed by atoms with Crippen molar-refractivity contribution in [1.29, 1.82) is 0 Å². The lowest BCUT2D eigenvalue weighted by atomic mass is 9.76. The number of pyridine rings is 1. The molecule has 1 amide bonds. The number of nitrogens with one attached hydrogen (secondary N) is 1. The highest BCUT2D eigenvalue weighted by atomic mass is 16.4. The zero-order chi connectivity index (χ0) is 15.5. The topological polar surface area (TPSA) is 90.5 Å². The van der Waals surface area contributed by atoms with Gasteiger partial charge in [0.2, 0.25) is 5.56 Å². The van der Waals surface area contributed by atoms with Gasteiger partial charge in [-0.05, 0) is 25.3 Å². The summed E-state index contributed by atoms with van der Waals surface area (Å²) in [7, 11) is 0. The Balaban J connectivity index is 2.22. The van der Waals surface area contributed by atoms with Gasteiger partial charge in [-0.25, -0.2) is 0 Å². The van der Waals surface area contributed by atoms with Gasteiger partial charge in [-0.1, -0.05) is 19.4 Å². The lowest BCUT2D eigenvalue weighted by Crippen LogP contribution is -2.50. The highest BCUT2D eigenvalue weighted by Gasteiger charge is 2.42. The number of carbonyl (C=O) groups is 2. The Kier molecular flexibility index (Phi) is 4.45. The van der Waals surface area contributed by atoms with Crippen LogP contribution in [0.25, 0.3) is 0 Å². The number of piperidine rings is 1. The van der Waals surface area contributed by atoms with Crippen LogP contribution in [-0.2, 0) is 4.79 Å². The highest BCUT2D eigenvalue weighted by Crippen LogP contribution is 2.35. The van der Waals surface area contributed by atoms with Crippen LogP contribution in [0.2, 0.25) is 0 Å². The van der Waals surface area contributed by atoms with Crippen LogP contribution in [0.5, 0.6) is 0 Å². The van der Waals surface area contributed by atoms with E-state index in [9.17, 15) is 19.5 Å². The maximum Gasteiger partial charge on any atom is 0.311 e. The third-order valence-corrected chi connectivity index (χ3v) is 4.05. The Bertz CT molecular complexity index is 591. The number of H-pyrrole nitrogens is 1. The van der Waals surface area contributed by atoms with Gasteiger partial charge in [-0.2, -0.15) is 0 Å². The van der Waals surface area contributed by atoms with Crippen molar-refractivity contribution in [3.05, 3.63) is 34.2 Å². The fraction of sp³-hybridized carbons (Fsp3) is 0.533. The predicted octanol–water partition coefficient (Wildman–Crippen LogP) is 1.48. The Morgan fingerprint density at radius 2 is 2.19 bits per heavy atom. The monoisotopic (exact) mass is 292 g/mol. The molecule has 2 heterocycles. The number of likely N-dealkylation sites (tertiary alicyclic amines) is 1. The van der Waals surface area contributed by atoms with E-state index in [1.54, 1.807) is 11.0 Å². The quantitative estimate of drug-likeness (QED) is 0.879. The number of aliphatic carboxylic acids is 1. The van der Waals surface area contributed by atoms with E-state index >= 15 is 0 Å². The average molecular weight is 292 g/mol. The standard InChI is InChI=1S/C15H20N2O4/c1-2-7-15(14(20)21)8-4-9-17(10-15)13(19)11-5-3-6-12(18)16-11/h3,5-6H,2,4,7-10H2,1H3,(H,16,18)(H,20,21). The number of carboxylic acids is 1. The van der Waals surface area contributed by atoms with Crippen LogP contribution in [0.1, 0.15) is 43.1 Å². The van der Waals surface area contributed by atoms with Gasteiger partial charge in [0.25, 0.3) is 5.91 Å². The second-order valence-electron chi connectivity index (χ2n) is 5.59. The summed E-state index contributed by atoms with van der Waals surface area (Å²) in [5, 5.41) is 9.54. The molecule has 6 nitrogen and oxygen atoms in total. The Morgan fingerprint density at radius 3 is 2.81 bits per heavy atom. The summed E-state index contributed by atoms with van der Waals surface area (Å²) >= 11 is 0. The van der Waals surface area contributed by atoms with E-state index in [1.807, 2.05) is 6.92 Å². The fourth-order valence-electron chi connectivity index (χ4n) is 3.01. The van der Waals surface area contributed by atoms with E-state index in [2.05, 4.69) is 4.98 Å². The van der Waals surface area contributed by atoms with Crippen molar-refractivity contribution in [1.82, 2.24) is 9.88 Å². The smallest absolute Gasteiger partial charge is 0.311 e. The van der Waals surface area contributed by atoms with Gasteiger partial charge in [0, 0.05) is 19.2 Å². The molecule has 1 aromatic heterocycles. The third kappa shape index (κ3) is 3.15. The van der Waals surface area contributed by atoms with Crippen LogP contribution in [0, 0.1) is 5.41 Å². The zero-order valence-corrected chi connectivity index (χ0v) is 12.1. The van der Waals surface area contributed by atoms with E-state index in [1.165, 1.54) is 12.1 Å². The van der Waals surface area contributed by atoms with Crippen molar-refractivity contribution in [3.63, 3.8) is 0 Å². The number of hydrogen-bond donors (Lipinski definition) is 2. The van der Waals surface area contributed by atoms with Gasteiger partial charge in [0.05, 0.1) is 5.41 Å². The normalized spacial score (nSPS) is 22.0. The summed E-state index contributed by atoms with van der Waals surface area (Å²) in [5.41, 5.74) is -0.992. The zero-order valence-electron chi connectivity index (χ0n) is 12.1. The first-order valence-electron chi connectivity index (χ1n) is 7.20. The summed E-state index contributed by atoms with van der Waals surface area (Å²) in [4.78, 5) is 39.4. The van der Waals surface area contributed by atoms with Crippen LogP contribution >= 0.6 is 0 Å². The Hall–Kier alpha value is -2.11. The molecule has 114 valence electrons. The van der Waals surface area contributed by atoms with Crippen LogP contribution in [0.4, 0.5) is 0 Å². The van der Waals surface area contributed by atoms with Gasteiger partial charge in [0.1, 0.15) is 5.69 Å². The van der Waals surface area contributed by atoms with Crippen molar-refractivity contribution in [3.8, 4) is 0 Å². The molecule has 1 atom stereocenters. The van der Waals surface area contributed by atoms with E-state index in [0.717, 1.165) is 6.42 Å². The van der Waals surface area contributed by atoms with Gasteiger partial charge < -0.3 is 15.0 Å². The van der Waals surface area contributed by atoms with Gasteiger partial charge in [-0.15, -0.1) is 0 Å². The molecule has 2 N–H and O–H groups in total. The molecule has 0 radical (unpaired) electrons. The van der Waals surface area contributed by atoms with Gasteiger partial charge in [-0.3, -0.25) is 14.4 Å². The molecule has 21 heavy (non-hydrogen) atoms. The SMILES string of the molecule is CCCC1(C(=O)O)CCCN(C(=O)c2cccc(=O)[nH]2)C1. The van der Waals surface area contributed by atoms with E-state index in [-0.39, 0.29) is 23.7 Å². The Labute approximate surface area is 122 Å². The maximum absolute atomic E-state index is 12.4. The summed E-state index contributed by atoms with van der Waals surface area (Å²) < 4.78 is 0. The number of amides is 1. The summed E-state index contributed by atoms with van der Waals surface area (Å²) in [6.45, 7) is 2.67. The molecule has 0 spiro atoms. The molecule has 1 aliphatic heterocycles. The molecular weight excluding hydrogens is 272 g/mol.